The molecular weight excluding hydrogens is 214 g/mol. The van der Waals surface area contributed by atoms with Gasteiger partial charge in [0.25, 0.3) is 0 Å². The van der Waals surface area contributed by atoms with Gasteiger partial charge in [0, 0.05) is 32.9 Å². The summed E-state index contributed by atoms with van der Waals surface area (Å²) in [7, 11) is 1.72. The molecule has 1 N–H and O–H groups in total. The molecule has 0 aliphatic carbocycles. The van der Waals surface area contributed by atoms with Crippen molar-refractivity contribution in [3.8, 4) is 0 Å². The summed E-state index contributed by atoms with van der Waals surface area (Å²) in [5, 5.41) is 3.38. The number of hydrogen-bond donors (Lipinski definition) is 1. The number of rotatable bonds is 8. The first kappa shape index (κ1) is 14.1. The summed E-state index contributed by atoms with van der Waals surface area (Å²) in [6, 6.07) is 1.97. The van der Waals surface area contributed by atoms with E-state index in [1.165, 1.54) is 0 Å². The molecule has 0 fully saturated rings. The third kappa shape index (κ3) is 6.34. The molecule has 0 saturated carbocycles. The predicted molar refractivity (Wildman–Crippen MR) is 68.8 cm³/mol. The highest BCUT2D eigenvalue weighted by atomic mass is 16.5. The van der Waals surface area contributed by atoms with E-state index in [1.54, 1.807) is 7.11 Å². The molecule has 4 heteroatoms. The van der Waals surface area contributed by atoms with Crippen molar-refractivity contribution in [1.29, 1.82) is 0 Å². The average molecular weight is 237 g/mol. The summed E-state index contributed by atoms with van der Waals surface area (Å²) >= 11 is 0. The first-order valence-electron chi connectivity index (χ1n) is 6.23. The second-order valence-corrected chi connectivity index (χ2v) is 4.59. The van der Waals surface area contributed by atoms with E-state index in [-0.39, 0.29) is 0 Å². The van der Waals surface area contributed by atoms with Gasteiger partial charge in [0.2, 0.25) is 0 Å². The van der Waals surface area contributed by atoms with Crippen molar-refractivity contribution in [2.75, 3.05) is 20.3 Å². The molecule has 0 atom stereocenters. The van der Waals surface area contributed by atoms with Crippen LogP contribution in [0.3, 0.4) is 0 Å². The van der Waals surface area contributed by atoms with Gasteiger partial charge in [-0.2, -0.15) is 0 Å². The predicted octanol–water partition coefficient (Wildman–Crippen LogP) is 1.80. The SMILES string of the molecule is COCCCc1nccc(CNCC(C)C)n1. The molecule has 17 heavy (non-hydrogen) atoms. The van der Waals surface area contributed by atoms with Gasteiger partial charge >= 0.3 is 0 Å². The van der Waals surface area contributed by atoms with E-state index in [1.807, 2.05) is 12.3 Å². The first-order valence-corrected chi connectivity index (χ1v) is 6.23. The lowest BCUT2D eigenvalue weighted by molar-refractivity contribution is 0.194. The lowest BCUT2D eigenvalue weighted by Gasteiger charge is -2.07. The van der Waals surface area contributed by atoms with Crippen LogP contribution in [0.4, 0.5) is 0 Å². The topological polar surface area (TPSA) is 47.0 Å². The summed E-state index contributed by atoms with van der Waals surface area (Å²) in [4.78, 5) is 8.77. The van der Waals surface area contributed by atoms with E-state index in [0.717, 1.165) is 44.1 Å². The molecule has 0 spiro atoms. The highest BCUT2D eigenvalue weighted by Gasteiger charge is 2.00. The number of ether oxygens (including phenoxy) is 1. The van der Waals surface area contributed by atoms with Crippen molar-refractivity contribution in [2.24, 2.45) is 5.92 Å². The lowest BCUT2D eigenvalue weighted by Crippen LogP contribution is -2.20. The Balaban J connectivity index is 2.37. The van der Waals surface area contributed by atoms with Gasteiger partial charge in [-0.3, -0.25) is 0 Å². The Morgan fingerprint density at radius 2 is 2.24 bits per heavy atom. The molecule has 96 valence electrons. The van der Waals surface area contributed by atoms with E-state index in [4.69, 9.17) is 4.74 Å². The van der Waals surface area contributed by atoms with Gasteiger partial charge in [0.1, 0.15) is 5.82 Å². The van der Waals surface area contributed by atoms with Crippen molar-refractivity contribution in [1.82, 2.24) is 15.3 Å². The van der Waals surface area contributed by atoms with Crippen LogP contribution in [-0.2, 0) is 17.7 Å². The average Bonchev–Trinajstić information content (AvgIpc) is 2.29. The van der Waals surface area contributed by atoms with Gasteiger partial charge in [-0.25, -0.2) is 9.97 Å². The number of aromatic nitrogens is 2. The number of nitrogens with zero attached hydrogens (tertiary/aromatic N) is 2. The van der Waals surface area contributed by atoms with Gasteiger partial charge in [0.15, 0.2) is 0 Å². The number of aryl methyl sites for hydroxylation is 1. The van der Waals surface area contributed by atoms with Crippen LogP contribution in [0, 0.1) is 5.92 Å². The molecule has 1 aromatic rings. The van der Waals surface area contributed by atoms with Crippen LogP contribution in [-0.4, -0.2) is 30.2 Å². The van der Waals surface area contributed by atoms with Crippen molar-refractivity contribution < 1.29 is 4.74 Å². The molecule has 0 bridgehead atoms. The van der Waals surface area contributed by atoms with E-state index in [0.29, 0.717) is 5.92 Å². The third-order valence-electron chi connectivity index (χ3n) is 2.37. The second kappa shape index (κ2) is 8.14. The summed E-state index contributed by atoms with van der Waals surface area (Å²) in [6.45, 7) is 6.99. The maximum absolute atomic E-state index is 5.02. The van der Waals surface area contributed by atoms with Gasteiger partial charge in [-0.15, -0.1) is 0 Å². The number of methoxy groups -OCH3 is 1. The van der Waals surface area contributed by atoms with Crippen molar-refractivity contribution in [2.45, 2.75) is 33.2 Å². The summed E-state index contributed by atoms with van der Waals surface area (Å²) in [5.41, 5.74) is 1.06. The Labute approximate surface area is 104 Å². The first-order chi connectivity index (χ1) is 8.22. The van der Waals surface area contributed by atoms with Crippen LogP contribution < -0.4 is 5.32 Å². The van der Waals surface area contributed by atoms with Gasteiger partial charge in [-0.1, -0.05) is 13.8 Å². The fourth-order valence-electron chi connectivity index (χ4n) is 1.52. The van der Waals surface area contributed by atoms with E-state index >= 15 is 0 Å². The molecule has 1 heterocycles. The fourth-order valence-corrected chi connectivity index (χ4v) is 1.52. The molecule has 0 unspecified atom stereocenters. The smallest absolute Gasteiger partial charge is 0.128 e. The van der Waals surface area contributed by atoms with E-state index in [9.17, 15) is 0 Å². The highest BCUT2D eigenvalue weighted by molar-refractivity contribution is 5.02. The monoisotopic (exact) mass is 237 g/mol. The largest absolute Gasteiger partial charge is 0.385 e. The molecule has 0 aromatic carbocycles. The maximum Gasteiger partial charge on any atom is 0.128 e. The Bertz CT molecular complexity index is 315. The Morgan fingerprint density at radius 3 is 2.94 bits per heavy atom. The van der Waals surface area contributed by atoms with Crippen molar-refractivity contribution >= 4 is 0 Å². The van der Waals surface area contributed by atoms with E-state index in [2.05, 4.69) is 29.1 Å². The fraction of sp³-hybridized carbons (Fsp3) is 0.692. The zero-order chi connectivity index (χ0) is 12.5. The van der Waals surface area contributed by atoms with Crippen LogP contribution in [0.15, 0.2) is 12.3 Å². The highest BCUT2D eigenvalue weighted by Crippen LogP contribution is 1.99. The number of hydrogen-bond acceptors (Lipinski definition) is 4. The lowest BCUT2D eigenvalue weighted by atomic mass is 10.2. The van der Waals surface area contributed by atoms with Gasteiger partial charge in [0.05, 0.1) is 5.69 Å². The Morgan fingerprint density at radius 1 is 1.41 bits per heavy atom. The molecule has 0 aliphatic rings. The summed E-state index contributed by atoms with van der Waals surface area (Å²) in [5.74, 6) is 1.57. The minimum atomic E-state index is 0.665. The van der Waals surface area contributed by atoms with E-state index < -0.39 is 0 Å². The number of nitrogens with one attached hydrogen (secondary N) is 1. The zero-order valence-corrected chi connectivity index (χ0v) is 11.1. The molecule has 0 radical (unpaired) electrons. The Hall–Kier alpha value is -1.00. The van der Waals surface area contributed by atoms with Crippen LogP contribution in [0.2, 0.25) is 0 Å². The normalized spacial score (nSPS) is 11.1. The van der Waals surface area contributed by atoms with Crippen molar-refractivity contribution in [3.63, 3.8) is 0 Å². The zero-order valence-electron chi connectivity index (χ0n) is 11.1. The molecule has 0 amide bonds. The van der Waals surface area contributed by atoms with Gasteiger partial charge < -0.3 is 10.1 Å². The molecule has 0 aliphatic heterocycles. The summed E-state index contributed by atoms with van der Waals surface area (Å²) < 4.78 is 5.02. The minimum absolute atomic E-state index is 0.665. The van der Waals surface area contributed by atoms with Crippen LogP contribution in [0.1, 0.15) is 31.8 Å². The molecule has 1 rings (SSSR count). The minimum Gasteiger partial charge on any atom is -0.385 e. The third-order valence-corrected chi connectivity index (χ3v) is 2.37. The molecule has 0 saturated heterocycles. The van der Waals surface area contributed by atoms with Crippen LogP contribution in [0.25, 0.3) is 0 Å². The Kier molecular flexibility index (Phi) is 6.74. The molecular formula is C13H23N3O. The maximum atomic E-state index is 5.02. The standard InChI is InChI=1S/C13H23N3O/c1-11(2)9-14-10-12-6-7-15-13(16-12)5-4-8-17-3/h6-7,11,14H,4-5,8-10H2,1-3H3. The van der Waals surface area contributed by atoms with Crippen molar-refractivity contribution in [3.05, 3.63) is 23.8 Å². The molecule has 4 nitrogen and oxygen atoms in total. The second-order valence-electron chi connectivity index (χ2n) is 4.59. The van der Waals surface area contributed by atoms with Gasteiger partial charge in [-0.05, 0) is 24.9 Å². The molecule has 1 aromatic heterocycles. The quantitative estimate of drug-likeness (QED) is 0.700. The summed E-state index contributed by atoms with van der Waals surface area (Å²) in [6.07, 6.45) is 3.69. The van der Waals surface area contributed by atoms with Crippen LogP contribution in [0.5, 0.6) is 0 Å². The van der Waals surface area contributed by atoms with Crippen LogP contribution >= 0.6 is 0 Å².